The number of aromatic nitrogens is 6. The Kier molecular flexibility index (Phi) is 11.9. The number of rotatable bonds is 16. The highest BCUT2D eigenvalue weighted by Gasteiger charge is 2.22. The highest BCUT2D eigenvalue weighted by atomic mass is 32.2. The van der Waals surface area contributed by atoms with Gasteiger partial charge in [0.15, 0.2) is 0 Å². The maximum Gasteiger partial charge on any atom is 0.276 e. The van der Waals surface area contributed by atoms with Crippen molar-refractivity contribution in [1.82, 2.24) is 38.7 Å². The number of hydrogen-bond acceptors (Lipinski definition) is 11. The molecular formula is C37H48N12O4S. The molecule has 5 aromatic rings. The fourth-order valence-corrected chi connectivity index (χ4v) is 7.34. The number of nitrogens with zero attached hydrogens (tertiary/aromatic N) is 8. The molecule has 6 N–H and O–H groups in total. The molecule has 1 saturated heterocycles. The lowest BCUT2D eigenvalue weighted by Gasteiger charge is -2.32. The van der Waals surface area contributed by atoms with Crippen LogP contribution in [0, 0.1) is 6.92 Å². The number of allylic oxidation sites excluding steroid dienone is 2. The van der Waals surface area contributed by atoms with Gasteiger partial charge in [0.2, 0.25) is 23.7 Å². The zero-order valence-corrected chi connectivity index (χ0v) is 32.2. The van der Waals surface area contributed by atoms with Crippen LogP contribution >= 0.6 is 11.8 Å². The number of carbonyl (C=O) groups is 3. The zero-order chi connectivity index (χ0) is 38.5. The average Bonchev–Trinajstić information content (AvgIpc) is 3.84. The minimum absolute atomic E-state index is 0.255. The highest BCUT2D eigenvalue weighted by molar-refractivity contribution is 7.98. The van der Waals surface area contributed by atoms with Gasteiger partial charge < -0.3 is 40.5 Å². The Labute approximate surface area is 317 Å². The number of thioether (sulfide) groups is 1. The van der Waals surface area contributed by atoms with Crippen molar-refractivity contribution in [3.8, 4) is 5.75 Å². The number of nitrogens with one attached hydrogen (secondary N) is 2. The largest absolute Gasteiger partial charge is 0.491 e. The van der Waals surface area contributed by atoms with Gasteiger partial charge in [-0.2, -0.15) is 5.10 Å². The third kappa shape index (κ3) is 8.22. The Bertz CT molecular complexity index is 2210. The van der Waals surface area contributed by atoms with Crippen LogP contribution < -0.4 is 26.8 Å². The Balaban J connectivity index is 1.34. The van der Waals surface area contributed by atoms with Gasteiger partial charge >= 0.3 is 0 Å². The molecule has 0 atom stereocenters. The second kappa shape index (κ2) is 16.7. The molecule has 0 aliphatic carbocycles. The molecule has 286 valence electrons. The molecule has 0 saturated carbocycles. The molecule has 17 heteroatoms. The van der Waals surface area contributed by atoms with Crippen molar-refractivity contribution in [3.05, 3.63) is 65.0 Å². The normalized spacial score (nSPS) is 14.0. The molecule has 1 aliphatic rings. The average molecular weight is 757 g/mol. The van der Waals surface area contributed by atoms with Crippen LogP contribution in [0.1, 0.15) is 50.2 Å². The Morgan fingerprint density at radius 1 is 0.907 bits per heavy atom. The summed E-state index contributed by atoms with van der Waals surface area (Å²) in [5.74, 6) is -0.144. The summed E-state index contributed by atoms with van der Waals surface area (Å²) in [5, 5.41) is 10.6. The van der Waals surface area contributed by atoms with Crippen molar-refractivity contribution in [3.63, 3.8) is 0 Å². The molecule has 0 bridgehead atoms. The molecule has 0 spiro atoms. The summed E-state index contributed by atoms with van der Waals surface area (Å²) in [7, 11) is 3.93. The topological polar surface area (TPSA) is 196 Å². The van der Waals surface area contributed by atoms with E-state index in [1.807, 2.05) is 41.4 Å². The van der Waals surface area contributed by atoms with Gasteiger partial charge in [0.1, 0.15) is 17.0 Å². The lowest BCUT2D eigenvalue weighted by molar-refractivity contribution is 0.0991. The molecule has 1 aliphatic heterocycles. The van der Waals surface area contributed by atoms with Crippen molar-refractivity contribution in [2.45, 2.75) is 44.8 Å². The summed E-state index contributed by atoms with van der Waals surface area (Å²) in [6, 6.07) is 8.47. The predicted molar refractivity (Wildman–Crippen MR) is 212 cm³/mol. The number of ether oxygens (including phenoxy) is 1. The van der Waals surface area contributed by atoms with Crippen LogP contribution in [-0.2, 0) is 19.6 Å². The molecule has 6 rings (SSSR count). The monoisotopic (exact) mass is 756 g/mol. The minimum atomic E-state index is -0.609. The van der Waals surface area contributed by atoms with Crippen molar-refractivity contribution in [2.24, 2.45) is 11.5 Å². The highest BCUT2D eigenvalue weighted by Crippen LogP contribution is 2.33. The lowest BCUT2D eigenvalue weighted by atomic mass is 10.1. The van der Waals surface area contributed by atoms with E-state index in [2.05, 4.69) is 32.6 Å². The molecule has 3 amide bonds. The van der Waals surface area contributed by atoms with Gasteiger partial charge in [0.25, 0.3) is 5.91 Å². The minimum Gasteiger partial charge on any atom is -0.491 e. The third-order valence-corrected chi connectivity index (χ3v) is 10.3. The third-order valence-electron chi connectivity index (χ3n) is 9.50. The molecular weight excluding hydrogens is 709 g/mol. The van der Waals surface area contributed by atoms with Crippen LogP contribution in [-0.4, -0.2) is 116 Å². The molecule has 54 heavy (non-hydrogen) atoms. The van der Waals surface area contributed by atoms with E-state index in [1.54, 1.807) is 42.1 Å². The fraction of sp³-hybridized carbons (Fsp3) is 0.405. The van der Waals surface area contributed by atoms with Crippen LogP contribution in [0.2, 0.25) is 0 Å². The number of amides is 3. The standard InChI is InChI=1S/C37H48N12O4S/c1-6-49-28(18-23(2)44-49)35(52)43-37-42-26-19-24(33(38)50)21-29(53-17-9-10-46-15-13-45(4)14-16-46)31(26)47(37)11-7-8-12-48-32-27(41-36(48)40-3)20-25(34(39)51)22-30(32)54-5/h7-8,18-22H,6,9-17H2,1-5H3,(H2,38,50)(H2,39,51)(H,40,41)(H,42,43,52)/b8-7+. The Morgan fingerprint density at radius 2 is 1.54 bits per heavy atom. The van der Waals surface area contributed by atoms with E-state index in [9.17, 15) is 14.4 Å². The molecule has 16 nitrogen and oxygen atoms in total. The first-order valence-electron chi connectivity index (χ1n) is 18.0. The van der Waals surface area contributed by atoms with E-state index in [0.29, 0.717) is 65.7 Å². The number of hydrogen-bond donors (Lipinski definition) is 4. The quantitative estimate of drug-likeness (QED) is 0.0655. The van der Waals surface area contributed by atoms with Gasteiger partial charge in [0.05, 0.1) is 28.9 Å². The molecule has 3 aromatic heterocycles. The lowest BCUT2D eigenvalue weighted by Crippen LogP contribution is -2.44. The summed E-state index contributed by atoms with van der Waals surface area (Å²) >= 11 is 1.51. The molecule has 4 heterocycles. The maximum absolute atomic E-state index is 13.7. The maximum atomic E-state index is 13.7. The van der Waals surface area contributed by atoms with Crippen molar-refractivity contribution in [1.29, 1.82) is 0 Å². The fourth-order valence-electron chi connectivity index (χ4n) is 6.69. The Morgan fingerprint density at radius 3 is 2.17 bits per heavy atom. The predicted octanol–water partition coefficient (Wildman–Crippen LogP) is 3.40. The number of anilines is 2. The van der Waals surface area contributed by atoms with E-state index in [1.165, 1.54) is 11.8 Å². The van der Waals surface area contributed by atoms with Gasteiger partial charge in [0, 0.05) is 75.4 Å². The molecule has 2 aromatic carbocycles. The van der Waals surface area contributed by atoms with Gasteiger partial charge in [-0.15, -0.1) is 11.8 Å². The van der Waals surface area contributed by atoms with E-state index < -0.39 is 11.8 Å². The van der Waals surface area contributed by atoms with E-state index in [0.717, 1.165) is 55.3 Å². The number of imidazole rings is 2. The SMILES string of the molecule is CCn1nc(C)cc1C(=O)Nc1nc2cc(C(N)=O)cc(OCCCN3CCN(C)CC3)c2n1C/C=C/Cn1c(NC)nc2cc(C(N)=O)cc(SC)c21. The van der Waals surface area contributed by atoms with Crippen molar-refractivity contribution < 1.29 is 19.1 Å². The van der Waals surface area contributed by atoms with E-state index in [-0.39, 0.29) is 17.4 Å². The van der Waals surface area contributed by atoms with Crippen LogP contribution in [0.15, 0.2) is 47.4 Å². The van der Waals surface area contributed by atoms with Crippen LogP contribution in [0.5, 0.6) is 5.75 Å². The van der Waals surface area contributed by atoms with Crippen LogP contribution in [0.25, 0.3) is 22.1 Å². The first-order chi connectivity index (χ1) is 26.0. The summed E-state index contributed by atoms with van der Waals surface area (Å²) in [6.07, 6.45) is 6.69. The number of carbonyl (C=O) groups excluding carboxylic acids is 3. The number of fused-ring (bicyclic) bond motifs is 2. The van der Waals surface area contributed by atoms with E-state index >= 15 is 0 Å². The van der Waals surface area contributed by atoms with E-state index in [4.69, 9.17) is 26.2 Å². The first-order valence-corrected chi connectivity index (χ1v) is 19.2. The number of benzene rings is 2. The second-order valence-corrected chi connectivity index (χ2v) is 14.1. The number of nitrogens with two attached hydrogens (primary N) is 2. The Hall–Kier alpha value is -5.39. The summed E-state index contributed by atoms with van der Waals surface area (Å²) in [6.45, 7) is 10.4. The smallest absolute Gasteiger partial charge is 0.276 e. The number of aryl methyl sites for hydroxylation is 2. The zero-order valence-electron chi connectivity index (χ0n) is 31.4. The molecule has 1 fully saturated rings. The van der Waals surface area contributed by atoms with Crippen LogP contribution in [0.4, 0.5) is 11.9 Å². The van der Waals surface area contributed by atoms with Gasteiger partial charge in [-0.05, 0) is 63.9 Å². The second-order valence-electron chi connectivity index (χ2n) is 13.2. The first kappa shape index (κ1) is 38.3. The van der Waals surface area contributed by atoms with Crippen molar-refractivity contribution in [2.75, 3.05) is 70.3 Å². The molecule has 0 unspecified atom stereocenters. The van der Waals surface area contributed by atoms with Crippen LogP contribution in [0.3, 0.4) is 0 Å². The van der Waals surface area contributed by atoms with Crippen molar-refractivity contribution >= 4 is 63.4 Å². The molecule has 0 radical (unpaired) electrons. The van der Waals surface area contributed by atoms with Gasteiger partial charge in [-0.25, -0.2) is 9.97 Å². The number of likely N-dealkylation sites (N-methyl/N-ethyl adjacent to an activating group) is 1. The summed E-state index contributed by atoms with van der Waals surface area (Å²) in [4.78, 5) is 53.3. The number of piperazine rings is 1. The van der Waals surface area contributed by atoms with Gasteiger partial charge in [-0.1, -0.05) is 12.2 Å². The summed E-state index contributed by atoms with van der Waals surface area (Å²) < 4.78 is 11.9. The van der Waals surface area contributed by atoms with Gasteiger partial charge in [-0.3, -0.25) is 24.4 Å². The number of primary amides is 2. The summed E-state index contributed by atoms with van der Waals surface area (Å²) in [5.41, 5.74) is 15.7.